The van der Waals surface area contributed by atoms with E-state index in [0.29, 0.717) is 39.1 Å². The summed E-state index contributed by atoms with van der Waals surface area (Å²) in [6.45, 7) is 5.21. The van der Waals surface area contributed by atoms with Crippen molar-refractivity contribution in [3.05, 3.63) is 23.8 Å². The maximum Gasteiger partial charge on any atom is 0.252 e. The predicted molar refractivity (Wildman–Crippen MR) is 122 cm³/mol. The minimum Gasteiger partial charge on any atom is -0.493 e. The Labute approximate surface area is 192 Å². The standard InChI is InChI=1S/C25H39NO6/c1-19(26(21-9-10-21)25(27)24-8-4-5-13-32-24)20-16-22(30-14-6-11-28-2)18-23(17-20)31-15-7-12-29-3/h16-19,21,24H,4-15H2,1-3H3/t19-,24-/m1/s1. The van der Waals surface area contributed by atoms with E-state index in [-0.39, 0.29) is 18.1 Å². The summed E-state index contributed by atoms with van der Waals surface area (Å²) in [5.74, 6) is 1.63. The van der Waals surface area contributed by atoms with Gasteiger partial charge in [-0.15, -0.1) is 0 Å². The molecule has 32 heavy (non-hydrogen) atoms. The Morgan fingerprint density at radius 1 is 0.969 bits per heavy atom. The molecule has 2 fully saturated rings. The number of hydrogen-bond donors (Lipinski definition) is 0. The van der Waals surface area contributed by atoms with Crippen LogP contribution >= 0.6 is 0 Å². The number of carbonyl (C=O) groups is 1. The van der Waals surface area contributed by atoms with Crippen LogP contribution in [-0.2, 0) is 19.0 Å². The van der Waals surface area contributed by atoms with Gasteiger partial charge in [0.05, 0.1) is 19.3 Å². The summed E-state index contributed by atoms with van der Waals surface area (Å²) in [6.07, 6.45) is 6.31. The van der Waals surface area contributed by atoms with Crippen LogP contribution in [0.15, 0.2) is 18.2 Å². The summed E-state index contributed by atoms with van der Waals surface area (Å²) in [5, 5.41) is 0. The molecule has 0 spiro atoms. The zero-order valence-corrected chi connectivity index (χ0v) is 19.8. The smallest absolute Gasteiger partial charge is 0.252 e. The number of benzene rings is 1. The predicted octanol–water partition coefficient (Wildman–Crippen LogP) is 4.14. The van der Waals surface area contributed by atoms with Crippen molar-refractivity contribution in [2.24, 2.45) is 0 Å². The molecule has 1 heterocycles. The first-order valence-electron chi connectivity index (χ1n) is 12.0. The fourth-order valence-electron chi connectivity index (χ4n) is 4.09. The Hall–Kier alpha value is -1.83. The lowest BCUT2D eigenvalue weighted by Gasteiger charge is -2.34. The largest absolute Gasteiger partial charge is 0.493 e. The number of rotatable bonds is 14. The molecule has 0 radical (unpaired) electrons. The fraction of sp³-hybridized carbons (Fsp3) is 0.720. The molecule has 1 amide bonds. The second-order valence-electron chi connectivity index (χ2n) is 8.64. The van der Waals surface area contributed by atoms with Gasteiger partial charge in [-0.05, 0) is 56.7 Å². The minimum absolute atomic E-state index is 0.0793. The lowest BCUT2D eigenvalue weighted by Crippen LogP contribution is -2.44. The average molecular weight is 450 g/mol. The SMILES string of the molecule is COCCCOc1cc(OCCCOC)cc([C@@H](C)N(C(=O)[C@H]2CCCCO2)C2CC2)c1. The topological polar surface area (TPSA) is 66.5 Å². The second kappa shape index (κ2) is 13.0. The maximum absolute atomic E-state index is 13.4. The van der Waals surface area contributed by atoms with Crippen molar-refractivity contribution in [1.82, 2.24) is 4.90 Å². The van der Waals surface area contributed by atoms with E-state index in [9.17, 15) is 4.79 Å². The van der Waals surface area contributed by atoms with Gasteiger partial charge in [0, 0.05) is 59.0 Å². The maximum atomic E-state index is 13.4. The number of nitrogens with zero attached hydrogens (tertiary/aromatic N) is 1. The molecular formula is C25H39NO6. The average Bonchev–Trinajstić information content (AvgIpc) is 3.65. The van der Waals surface area contributed by atoms with Gasteiger partial charge in [-0.25, -0.2) is 0 Å². The lowest BCUT2D eigenvalue weighted by molar-refractivity contribution is -0.149. The molecule has 0 bridgehead atoms. The van der Waals surface area contributed by atoms with E-state index >= 15 is 0 Å². The van der Waals surface area contributed by atoms with Gasteiger partial charge in [0.1, 0.15) is 17.6 Å². The third-order valence-electron chi connectivity index (χ3n) is 5.97. The highest BCUT2D eigenvalue weighted by Crippen LogP contribution is 2.38. The summed E-state index contributed by atoms with van der Waals surface area (Å²) in [7, 11) is 3.38. The van der Waals surface area contributed by atoms with Crippen LogP contribution in [-0.4, -0.2) is 70.2 Å². The summed E-state index contributed by atoms with van der Waals surface area (Å²) < 4.78 is 28.0. The molecule has 3 rings (SSSR count). The van der Waals surface area contributed by atoms with Gasteiger partial charge in [-0.1, -0.05) is 0 Å². The number of carbonyl (C=O) groups excluding carboxylic acids is 1. The van der Waals surface area contributed by atoms with Crippen molar-refractivity contribution >= 4 is 5.91 Å². The van der Waals surface area contributed by atoms with Crippen molar-refractivity contribution in [2.75, 3.05) is 47.3 Å². The Morgan fingerprint density at radius 2 is 1.59 bits per heavy atom. The van der Waals surface area contributed by atoms with E-state index in [0.717, 1.165) is 62.0 Å². The Morgan fingerprint density at radius 3 is 2.09 bits per heavy atom. The Bertz CT molecular complexity index is 671. The normalized spacial score (nSPS) is 19.4. The molecule has 2 aliphatic rings. The molecule has 1 saturated carbocycles. The molecule has 0 N–H and O–H groups in total. The van der Waals surface area contributed by atoms with Crippen molar-refractivity contribution < 1.29 is 28.5 Å². The Balaban J connectivity index is 1.75. The van der Waals surface area contributed by atoms with Crippen LogP contribution in [0.5, 0.6) is 11.5 Å². The Kier molecular flexibility index (Phi) is 10.1. The van der Waals surface area contributed by atoms with E-state index in [1.807, 2.05) is 23.1 Å². The molecule has 1 aliphatic heterocycles. The van der Waals surface area contributed by atoms with Crippen LogP contribution in [0.3, 0.4) is 0 Å². The third-order valence-corrected chi connectivity index (χ3v) is 5.97. The van der Waals surface area contributed by atoms with Gasteiger partial charge in [-0.3, -0.25) is 4.79 Å². The third kappa shape index (κ3) is 7.36. The lowest BCUT2D eigenvalue weighted by atomic mass is 10.0. The molecule has 180 valence electrons. The van der Waals surface area contributed by atoms with Crippen LogP contribution < -0.4 is 9.47 Å². The molecule has 7 heteroatoms. The molecule has 7 nitrogen and oxygen atoms in total. The highest BCUT2D eigenvalue weighted by Gasteiger charge is 2.40. The van der Waals surface area contributed by atoms with Gasteiger partial charge in [0.15, 0.2) is 0 Å². The number of amides is 1. The molecule has 1 saturated heterocycles. The minimum atomic E-state index is -0.315. The summed E-state index contributed by atoms with van der Waals surface area (Å²) >= 11 is 0. The molecular weight excluding hydrogens is 410 g/mol. The fourth-order valence-corrected chi connectivity index (χ4v) is 4.09. The van der Waals surface area contributed by atoms with E-state index < -0.39 is 0 Å². The van der Waals surface area contributed by atoms with Gasteiger partial charge in [-0.2, -0.15) is 0 Å². The van der Waals surface area contributed by atoms with Crippen molar-refractivity contribution in [3.63, 3.8) is 0 Å². The zero-order valence-electron chi connectivity index (χ0n) is 19.8. The van der Waals surface area contributed by atoms with Crippen LogP contribution in [0.1, 0.15) is 63.5 Å². The van der Waals surface area contributed by atoms with Crippen molar-refractivity contribution in [1.29, 1.82) is 0 Å². The second-order valence-corrected chi connectivity index (χ2v) is 8.64. The molecule has 0 unspecified atom stereocenters. The van der Waals surface area contributed by atoms with Crippen LogP contribution in [0, 0.1) is 0 Å². The summed E-state index contributed by atoms with van der Waals surface area (Å²) in [4.78, 5) is 15.4. The van der Waals surface area contributed by atoms with Gasteiger partial charge in [0.2, 0.25) is 0 Å². The van der Waals surface area contributed by atoms with Crippen molar-refractivity contribution in [2.45, 2.75) is 70.1 Å². The van der Waals surface area contributed by atoms with Gasteiger partial charge in [0.25, 0.3) is 5.91 Å². The van der Waals surface area contributed by atoms with E-state index in [4.69, 9.17) is 23.7 Å². The highest BCUT2D eigenvalue weighted by atomic mass is 16.5. The monoisotopic (exact) mass is 449 g/mol. The van der Waals surface area contributed by atoms with Crippen LogP contribution in [0.4, 0.5) is 0 Å². The zero-order chi connectivity index (χ0) is 22.8. The molecule has 0 aromatic heterocycles. The van der Waals surface area contributed by atoms with Gasteiger partial charge >= 0.3 is 0 Å². The quantitative estimate of drug-likeness (QED) is 0.398. The van der Waals surface area contributed by atoms with Gasteiger partial charge < -0.3 is 28.6 Å². The van der Waals surface area contributed by atoms with Crippen LogP contribution in [0.2, 0.25) is 0 Å². The van der Waals surface area contributed by atoms with E-state index in [1.165, 1.54) is 0 Å². The highest BCUT2D eigenvalue weighted by molar-refractivity contribution is 5.82. The molecule has 2 atom stereocenters. The molecule has 1 aromatic rings. The number of hydrogen-bond acceptors (Lipinski definition) is 6. The first-order valence-corrected chi connectivity index (χ1v) is 12.0. The summed E-state index contributed by atoms with van der Waals surface area (Å²) in [6, 6.07) is 6.20. The first kappa shape index (κ1) is 24.8. The summed E-state index contributed by atoms with van der Waals surface area (Å²) in [5.41, 5.74) is 1.02. The number of ether oxygens (including phenoxy) is 5. The first-order chi connectivity index (χ1) is 15.6. The number of methoxy groups -OCH3 is 2. The molecule has 1 aliphatic carbocycles. The van der Waals surface area contributed by atoms with E-state index in [2.05, 4.69) is 6.92 Å². The molecule has 1 aromatic carbocycles. The van der Waals surface area contributed by atoms with Crippen molar-refractivity contribution in [3.8, 4) is 11.5 Å². The van der Waals surface area contributed by atoms with E-state index in [1.54, 1.807) is 14.2 Å². The van der Waals surface area contributed by atoms with Crippen LogP contribution in [0.25, 0.3) is 0 Å².